The minimum Gasteiger partial charge on any atom is -0.391 e. The van der Waals surface area contributed by atoms with Gasteiger partial charge in [0.2, 0.25) is 5.91 Å². The number of carbonyl (C=O) groups is 2. The average Bonchev–Trinajstić information content (AvgIpc) is 3.04. The highest BCUT2D eigenvalue weighted by molar-refractivity contribution is 9.10. The van der Waals surface area contributed by atoms with Gasteiger partial charge in [-0.3, -0.25) is 9.59 Å². The number of rotatable bonds is 3. The van der Waals surface area contributed by atoms with Crippen molar-refractivity contribution in [1.82, 2.24) is 9.47 Å². The topological polar surface area (TPSA) is 88.6 Å². The van der Waals surface area contributed by atoms with Crippen molar-refractivity contribution in [3.05, 3.63) is 22.4 Å². The maximum atomic E-state index is 12.6. The van der Waals surface area contributed by atoms with Gasteiger partial charge in [-0.2, -0.15) is 0 Å². The van der Waals surface area contributed by atoms with E-state index in [9.17, 15) is 14.7 Å². The van der Waals surface area contributed by atoms with E-state index in [0.29, 0.717) is 11.7 Å². The van der Waals surface area contributed by atoms with Crippen LogP contribution < -0.4 is 5.73 Å². The summed E-state index contributed by atoms with van der Waals surface area (Å²) in [5.41, 5.74) is 5.86. The second kappa shape index (κ2) is 4.89. The highest BCUT2D eigenvalue weighted by Crippen LogP contribution is 2.38. The van der Waals surface area contributed by atoms with Crippen molar-refractivity contribution in [3.8, 4) is 0 Å². The smallest absolute Gasteiger partial charge is 0.271 e. The highest BCUT2D eigenvalue weighted by Gasteiger charge is 2.40. The largest absolute Gasteiger partial charge is 0.391 e. The van der Waals surface area contributed by atoms with Crippen LogP contribution in [0.15, 0.2) is 16.7 Å². The fraction of sp³-hybridized carbons (Fsp3) is 0.538. The van der Waals surface area contributed by atoms with Gasteiger partial charge in [0.15, 0.2) is 0 Å². The molecular formula is C13H16BrN3O3. The molecule has 1 aromatic heterocycles. The van der Waals surface area contributed by atoms with Crippen molar-refractivity contribution >= 4 is 27.7 Å². The lowest BCUT2D eigenvalue weighted by Gasteiger charge is -2.22. The molecule has 0 spiro atoms. The molecule has 2 unspecified atom stereocenters. The van der Waals surface area contributed by atoms with Crippen LogP contribution in [0.3, 0.4) is 0 Å². The molecule has 0 aromatic carbocycles. The first-order valence-electron chi connectivity index (χ1n) is 6.63. The Kier molecular flexibility index (Phi) is 3.33. The SMILES string of the molecule is NC(=O)C1CC(O)CN1C(=O)c1cc(Br)cn1C1CC1. The Morgan fingerprint density at radius 2 is 2.10 bits per heavy atom. The third kappa shape index (κ3) is 2.35. The normalized spacial score (nSPS) is 26.0. The van der Waals surface area contributed by atoms with Crippen LogP contribution in [-0.2, 0) is 4.79 Å². The van der Waals surface area contributed by atoms with E-state index in [1.807, 2.05) is 10.8 Å². The first-order valence-corrected chi connectivity index (χ1v) is 7.42. The summed E-state index contributed by atoms with van der Waals surface area (Å²) < 4.78 is 2.78. The van der Waals surface area contributed by atoms with Crippen LogP contribution in [0, 0.1) is 0 Å². The molecule has 1 aliphatic heterocycles. The third-order valence-corrected chi connectivity index (χ3v) is 4.28. The molecule has 7 heteroatoms. The summed E-state index contributed by atoms with van der Waals surface area (Å²) in [4.78, 5) is 25.5. The third-order valence-electron chi connectivity index (χ3n) is 3.84. The van der Waals surface area contributed by atoms with Crippen LogP contribution in [-0.4, -0.2) is 45.1 Å². The van der Waals surface area contributed by atoms with E-state index < -0.39 is 18.1 Å². The molecular weight excluding hydrogens is 326 g/mol. The standard InChI is InChI=1S/C13H16BrN3O3/c14-7-3-11(16(5-7)8-1-2-8)13(20)17-6-9(18)4-10(17)12(15)19/h3,5,8-10,18H,1-2,4,6H2,(H2,15,19). The van der Waals surface area contributed by atoms with Gasteiger partial charge < -0.3 is 20.3 Å². The molecule has 3 N–H and O–H groups in total. The molecule has 6 nitrogen and oxygen atoms in total. The molecule has 3 rings (SSSR count). The van der Waals surface area contributed by atoms with E-state index in [-0.39, 0.29) is 18.9 Å². The Morgan fingerprint density at radius 3 is 2.70 bits per heavy atom. The predicted molar refractivity (Wildman–Crippen MR) is 75.0 cm³/mol. The number of nitrogens with zero attached hydrogens (tertiary/aromatic N) is 2. The number of amides is 2. The Labute approximate surface area is 124 Å². The number of β-amino-alcohol motifs (C(OH)–C–C–N with tert-alkyl or cyclic N) is 1. The molecule has 108 valence electrons. The van der Waals surface area contributed by atoms with Crippen molar-refractivity contribution in [2.24, 2.45) is 5.73 Å². The summed E-state index contributed by atoms with van der Waals surface area (Å²) in [6.45, 7) is 0.153. The summed E-state index contributed by atoms with van der Waals surface area (Å²) >= 11 is 3.38. The maximum Gasteiger partial charge on any atom is 0.271 e. The predicted octanol–water partition coefficient (Wildman–Crippen LogP) is 0.646. The number of carbonyl (C=O) groups excluding carboxylic acids is 2. The zero-order chi connectivity index (χ0) is 14.4. The van der Waals surface area contributed by atoms with Gasteiger partial charge in [0.1, 0.15) is 11.7 Å². The monoisotopic (exact) mass is 341 g/mol. The van der Waals surface area contributed by atoms with Gasteiger partial charge in [0.25, 0.3) is 5.91 Å². The lowest BCUT2D eigenvalue weighted by molar-refractivity contribution is -0.121. The molecule has 2 amide bonds. The number of aliphatic hydroxyl groups is 1. The molecule has 0 bridgehead atoms. The van der Waals surface area contributed by atoms with Crippen molar-refractivity contribution in [1.29, 1.82) is 0 Å². The van der Waals surface area contributed by atoms with Gasteiger partial charge in [-0.15, -0.1) is 0 Å². The summed E-state index contributed by atoms with van der Waals surface area (Å²) in [5.74, 6) is -0.818. The fourth-order valence-electron chi connectivity index (χ4n) is 2.73. The molecule has 2 aliphatic rings. The summed E-state index contributed by atoms with van der Waals surface area (Å²) in [5, 5.41) is 9.69. The second-order valence-electron chi connectivity index (χ2n) is 5.45. The second-order valence-corrected chi connectivity index (χ2v) is 6.36. The van der Waals surface area contributed by atoms with E-state index in [0.717, 1.165) is 17.3 Å². The number of aromatic nitrogens is 1. The lowest BCUT2D eigenvalue weighted by Crippen LogP contribution is -2.44. The first-order chi connectivity index (χ1) is 9.47. The minimum atomic E-state index is -0.723. The molecule has 1 aliphatic carbocycles. The summed E-state index contributed by atoms with van der Waals surface area (Å²) in [7, 11) is 0. The van der Waals surface area contributed by atoms with E-state index in [1.165, 1.54) is 4.90 Å². The number of hydrogen-bond donors (Lipinski definition) is 2. The quantitative estimate of drug-likeness (QED) is 0.845. The van der Waals surface area contributed by atoms with Gasteiger partial charge in [-0.25, -0.2) is 0 Å². The number of primary amides is 1. The minimum absolute atomic E-state index is 0.153. The zero-order valence-electron chi connectivity index (χ0n) is 10.8. The molecule has 2 atom stereocenters. The van der Waals surface area contributed by atoms with Gasteiger partial charge in [-0.05, 0) is 34.8 Å². The zero-order valence-corrected chi connectivity index (χ0v) is 12.4. The van der Waals surface area contributed by atoms with Crippen LogP contribution in [0.4, 0.5) is 0 Å². The van der Waals surface area contributed by atoms with Crippen LogP contribution >= 0.6 is 15.9 Å². The molecule has 0 radical (unpaired) electrons. The van der Waals surface area contributed by atoms with E-state index in [4.69, 9.17) is 5.73 Å². The van der Waals surface area contributed by atoms with Crippen LogP contribution in [0.25, 0.3) is 0 Å². The van der Waals surface area contributed by atoms with E-state index in [1.54, 1.807) is 6.07 Å². The Hall–Kier alpha value is -1.34. The van der Waals surface area contributed by atoms with Gasteiger partial charge >= 0.3 is 0 Å². The number of hydrogen-bond acceptors (Lipinski definition) is 3. The summed E-state index contributed by atoms with van der Waals surface area (Å²) in [6.07, 6.45) is 3.53. The van der Waals surface area contributed by atoms with Gasteiger partial charge in [-0.1, -0.05) is 0 Å². The lowest BCUT2D eigenvalue weighted by atomic mass is 10.2. The van der Waals surface area contributed by atoms with Crippen molar-refractivity contribution in [3.63, 3.8) is 0 Å². The molecule has 1 saturated carbocycles. The Morgan fingerprint density at radius 1 is 1.40 bits per heavy atom. The molecule has 2 fully saturated rings. The van der Waals surface area contributed by atoms with Gasteiger partial charge in [0.05, 0.1) is 6.10 Å². The first kappa shape index (κ1) is 13.6. The van der Waals surface area contributed by atoms with E-state index in [2.05, 4.69) is 15.9 Å². The Balaban J connectivity index is 1.90. The number of nitrogens with two attached hydrogens (primary N) is 1. The van der Waals surface area contributed by atoms with E-state index >= 15 is 0 Å². The van der Waals surface area contributed by atoms with Crippen LogP contribution in [0.5, 0.6) is 0 Å². The van der Waals surface area contributed by atoms with Crippen LogP contribution in [0.1, 0.15) is 35.8 Å². The molecule has 20 heavy (non-hydrogen) atoms. The fourth-order valence-corrected chi connectivity index (χ4v) is 3.16. The average molecular weight is 342 g/mol. The summed E-state index contributed by atoms with van der Waals surface area (Å²) in [6, 6.07) is 1.39. The highest BCUT2D eigenvalue weighted by atomic mass is 79.9. The molecule has 2 heterocycles. The maximum absolute atomic E-state index is 12.6. The Bertz CT molecular complexity index is 567. The van der Waals surface area contributed by atoms with Crippen molar-refractivity contribution < 1.29 is 14.7 Å². The number of halogens is 1. The molecule has 1 saturated heterocycles. The van der Waals surface area contributed by atoms with Crippen LogP contribution in [0.2, 0.25) is 0 Å². The number of likely N-dealkylation sites (tertiary alicyclic amines) is 1. The van der Waals surface area contributed by atoms with Crippen molar-refractivity contribution in [2.45, 2.75) is 37.5 Å². The molecule has 1 aromatic rings. The van der Waals surface area contributed by atoms with Gasteiger partial charge in [0, 0.05) is 29.7 Å². The number of aliphatic hydroxyl groups excluding tert-OH is 1. The van der Waals surface area contributed by atoms with Crippen molar-refractivity contribution in [2.75, 3.05) is 6.54 Å².